The third kappa shape index (κ3) is 6.41. The Hall–Kier alpha value is -1.04. The molecule has 2 N–H and O–H groups in total. The lowest BCUT2D eigenvalue weighted by atomic mass is 10.1. The van der Waals surface area contributed by atoms with Crippen LogP contribution >= 0.6 is 12.2 Å². The van der Waals surface area contributed by atoms with Crippen molar-refractivity contribution in [3.05, 3.63) is 0 Å². The summed E-state index contributed by atoms with van der Waals surface area (Å²) in [5, 5.41) is 7.10. The molecule has 0 spiro atoms. The van der Waals surface area contributed by atoms with Crippen molar-refractivity contribution >= 4 is 23.4 Å². The van der Waals surface area contributed by atoms with Crippen molar-refractivity contribution in [2.24, 2.45) is 0 Å². The SMILES string of the molecule is CC(C)(C)NC(=S)N[C@@H]1CCN(C(=O)OC(C)(C)C)C1. The molecule has 5 nitrogen and oxygen atoms in total. The molecule has 0 unspecified atom stereocenters. The fourth-order valence-corrected chi connectivity index (χ4v) is 2.41. The van der Waals surface area contributed by atoms with Crippen LogP contribution in [0.3, 0.4) is 0 Å². The summed E-state index contributed by atoms with van der Waals surface area (Å²) >= 11 is 5.27. The molecule has 6 heteroatoms. The third-order valence-electron chi connectivity index (χ3n) is 2.66. The Balaban J connectivity index is 2.40. The summed E-state index contributed by atoms with van der Waals surface area (Å²) in [6.07, 6.45) is 0.627. The second-order valence-electron chi connectivity index (χ2n) is 7.26. The van der Waals surface area contributed by atoms with Gasteiger partial charge in [-0.05, 0) is 60.2 Å². The normalized spacial score (nSPS) is 19.7. The molecule has 0 saturated carbocycles. The van der Waals surface area contributed by atoms with Crippen LogP contribution in [-0.4, -0.2) is 46.4 Å². The number of hydrogen-bond donors (Lipinski definition) is 2. The summed E-state index contributed by atoms with van der Waals surface area (Å²) in [5.74, 6) is 0. The zero-order chi connectivity index (χ0) is 15.6. The molecule has 1 fully saturated rings. The minimum Gasteiger partial charge on any atom is -0.444 e. The molecule has 20 heavy (non-hydrogen) atoms. The first-order valence-corrected chi connectivity index (χ1v) is 7.44. The average Bonchev–Trinajstić information content (AvgIpc) is 2.59. The lowest BCUT2D eigenvalue weighted by Gasteiger charge is -2.26. The second-order valence-corrected chi connectivity index (χ2v) is 7.67. The minimum absolute atomic E-state index is 0.0620. The zero-order valence-corrected chi connectivity index (χ0v) is 14.2. The fraction of sp³-hybridized carbons (Fsp3) is 0.857. The number of thiocarbonyl (C=S) groups is 1. The van der Waals surface area contributed by atoms with Gasteiger partial charge < -0.3 is 20.3 Å². The highest BCUT2D eigenvalue weighted by molar-refractivity contribution is 7.80. The monoisotopic (exact) mass is 301 g/mol. The smallest absolute Gasteiger partial charge is 0.410 e. The van der Waals surface area contributed by atoms with Crippen molar-refractivity contribution < 1.29 is 9.53 Å². The Labute approximate surface area is 127 Å². The van der Waals surface area contributed by atoms with Gasteiger partial charge in [-0.2, -0.15) is 0 Å². The molecule has 1 saturated heterocycles. The summed E-state index contributed by atoms with van der Waals surface area (Å²) in [6, 6.07) is 0.185. The molecule has 1 rings (SSSR count). The molecule has 1 amide bonds. The van der Waals surface area contributed by atoms with E-state index in [1.165, 1.54) is 0 Å². The van der Waals surface area contributed by atoms with Gasteiger partial charge in [0.05, 0.1) is 0 Å². The molecular weight excluding hydrogens is 274 g/mol. The molecule has 0 bridgehead atoms. The maximum atomic E-state index is 11.9. The predicted molar refractivity (Wildman–Crippen MR) is 84.8 cm³/mol. The van der Waals surface area contributed by atoms with E-state index in [0.717, 1.165) is 6.42 Å². The van der Waals surface area contributed by atoms with Gasteiger partial charge in [-0.25, -0.2) is 4.79 Å². The van der Waals surface area contributed by atoms with Crippen LogP contribution in [0.15, 0.2) is 0 Å². The number of hydrogen-bond acceptors (Lipinski definition) is 3. The van der Waals surface area contributed by atoms with Gasteiger partial charge in [0.2, 0.25) is 0 Å². The van der Waals surface area contributed by atoms with Crippen LogP contribution in [0.5, 0.6) is 0 Å². The standard InChI is InChI=1S/C14H27N3O2S/c1-13(2,3)16-11(20)15-10-7-8-17(9-10)12(18)19-14(4,5)6/h10H,7-9H2,1-6H3,(H2,15,16,20)/t10-/m1/s1. The van der Waals surface area contributed by atoms with Crippen LogP contribution in [0.1, 0.15) is 48.0 Å². The largest absolute Gasteiger partial charge is 0.444 e. The van der Waals surface area contributed by atoms with Crippen LogP contribution in [0.4, 0.5) is 4.79 Å². The molecule has 1 atom stereocenters. The molecule has 0 radical (unpaired) electrons. The van der Waals surface area contributed by atoms with Crippen molar-refractivity contribution in [1.82, 2.24) is 15.5 Å². The summed E-state index contributed by atoms with van der Waals surface area (Å²) in [4.78, 5) is 13.7. The number of ether oxygens (including phenoxy) is 1. The Kier molecular flexibility index (Phi) is 5.24. The van der Waals surface area contributed by atoms with Crippen molar-refractivity contribution in [3.63, 3.8) is 0 Å². The highest BCUT2D eigenvalue weighted by Crippen LogP contribution is 2.15. The van der Waals surface area contributed by atoms with Crippen LogP contribution in [-0.2, 0) is 4.74 Å². The number of carbonyl (C=O) groups excluding carboxylic acids is 1. The topological polar surface area (TPSA) is 53.6 Å². The van der Waals surface area contributed by atoms with Gasteiger partial charge in [0.15, 0.2) is 5.11 Å². The molecule has 1 aliphatic rings. The van der Waals surface area contributed by atoms with Gasteiger partial charge in [0, 0.05) is 24.7 Å². The van der Waals surface area contributed by atoms with Gasteiger partial charge in [-0.1, -0.05) is 0 Å². The van der Waals surface area contributed by atoms with Crippen molar-refractivity contribution in [2.75, 3.05) is 13.1 Å². The highest BCUT2D eigenvalue weighted by Gasteiger charge is 2.30. The van der Waals surface area contributed by atoms with E-state index in [1.807, 2.05) is 20.8 Å². The summed E-state index contributed by atoms with van der Waals surface area (Å²) < 4.78 is 5.37. The molecule has 0 aliphatic carbocycles. The van der Waals surface area contributed by atoms with Gasteiger partial charge in [-0.3, -0.25) is 0 Å². The Morgan fingerprint density at radius 2 is 1.85 bits per heavy atom. The van der Waals surface area contributed by atoms with E-state index < -0.39 is 5.60 Å². The molecule has 0 aromatic heterocycles. The summed E-state index contributed by atoms with van der Waals surface area (Å²) in [7, 11) is 0. The molecular formula is C14H27N3O2S. The molecule has 0 aromatic carbocycles. The highest BCUT2D eigenvalue weighted by atomic mass is 32.1. The van der Waals surface area contributed by atoms with Crippen molar-refractivity contribution in [3.8, 4) is 0 Å². The Morgan fingerprint density at radius 1 is 1.25 bits per heavy atom. The second kappa shape index (κ2) is 6.16. The third-order valence-corrected chi connectivity index (χ3v) is 2.88. The number of carbonyl (C=O) groups is 1. The average molecular weight is 301 g/mol. The van der Waals surface area contributed by atoms with Gasteiger partial charge in [0.1, 0.15) is 5.60 Å². The number of amides is 1. The van der Waals surface area contributed by atoms with E-state index in [4.69, 9.17) is 17.0 Å². The molecule has 116 valence electrons. The van der Waals surface area contributed by atoms with E-state index >= 15 is 0 Å². The first-order chi connectivity index (χ1) is 8.96. The Bertz CT molecular complexity index is 372. The van der Waals surface area contributed by atoms with Crippen molar-refractivity contribution in [2.45, 2.75) is 65.1 Å². The maximum Gasteiger partial charge on any atom is 0.410 e. The maximum absolute atomic E-state index is 11.9. The first-order valence-electron chi connectivity index (χ1n) is 7.03. The zero-order valence-electron chi connectivity index (χ0n) is 13.4. The van der Waals surface area contributed by atoms with E-state index in [0.29, 0.717) is 18.2 Å². The van der Waals surface area contributed by atoms with Crippen LogP contribution in [0, 0.1) is 0 Å². The number of likely N-dealkylation sites (tertiary alicyclic amines) is 1. The van der Waals surface area contributed by atoms with E-state index in [-0.39, 0.29) is 17.7 Å². The quantitative estimate of drug-likeness (QED) is 0.728. The fourth-order valence-electron chi connectivity index (χ4n) is 1.93. The molecule has 1 heterocycles. The van der Waals surface area contributed by atoms with Gasteiger partial charge in [-0.15, -0.1) is 0 Å². The van der Waals surface area contributed by atoms with E-state index in [2.05, 4.69) is 31.4 Å². The predicted octanol–water partition coefficient (Wildman–Crippen LogP) is 2.26. The van der Waals surface area contributed by atoms with E-state index in [9.17, 15) is 4.79 Å². The summed E-state index contributed by atoms with van der Waals surface area (Å²) in [6.45, 7) is 13.1. The van der Waals surface area contributed by atoms with E-state index in [1.54, 1.807) is 4.90 Å². The summed E-state index contributed by atoms with van der Waals surface area (Å²) in [5.41, 5.74) is -0.515. The van der Waals surface area contributed by atoms with Crippen LogP contribution < -0.4 is 10.6 Å². The lowest BCUT2D eigenvalue weighted by Crippen LogP contribution is -2.50. The molecule has 1 aliphatic heterocycles. The van der Waals surface area contributed by atoms with Gasteiger partial charge >= 0.3 is 6.09 Å². The lowest BCUT2D eigenvalue weighted by molar-refractivity contribution is 0.0292. The molecule has 0 aromatic rings. The van der Waals surface area contributed by atoms with Crippen LogP contribution in [0.25, 0.3) is 0 Å². The van der Waals surface area contributed by atoms with Crippen LogP contribution in [0.2, 0.25) is 0 Å². The van der Waals surface area contributed by atoms with Crippen molar-refractivity contribution in [1.29, 1.82) is 0 Å². The Morgan fingerprint density at radius 3 is 2.35 bits per heavy atom. The van der Waals surface area contributed by atoms with Gasteiger partial charge in [0.25, 0.3) is 0 Å². The number of nitrogens with one attached hydrogen (secondary N) is 2. The minimum atomic E-state index is -0.453. The number of rotatable bonds is 1. The number of nitrogens with zero attached hydrogens (tertiary/aromatic N) is 1. The first kappa shape index (κ1) is 17.0.